The molecule has 0 N–H and O–H groups in total. The highest BCUT2D eigenvalue weighted by atomic mass is 14.1. The van der Waals surface area contributed by atoms with Crippen molar-refractivity contribution in [3.63, 3.8) is 0 Å². The molecule has 0 aromatic carbocycles. The van der Waals surface area contributed by atoms with Crippen LogP contribution in [0.3, 0.4) is 0 Å². The van der Waals surface area contributed by atoms with E-state index in [9.17, 15) is 0 Å². The summed E-state index contributed by atoms with van der Waals surface area (Å²) in [7, 11) is 0. The van der Waals surface area contributed by atoms with Gasteiger partial charge < -0.3 is 0 Å². The van der Waals surface area contributed by atoms with Gasteiger partial charge in [-0.25, -0.2) is 0 Å². The van der Waals surface area contributed by atoms with Gasteiger partial charge in [0.15, 0.2) is 0 Å². The lowest BCUT2D eigenvalue weighted by atomic mass is 10.0. The largest absolute Gasteiger partial charge is 0.0654 e. The Bertz CT molecular complexity index is 730. The Morgan fingerprint density at radius 2 is 0.227 bits per heavy atom. The maximum Gasteiger partial charge on any atom is -0.0471 e. The van der Waals surface area contributed by atoms with E-state index in [2.05, 4.69) is 83.1 Å². The molecular weight excluding hydrogens is 793 g/mol. The summed E-state index contributed by atoms with van der Waals surface area (Å²) in [4.78, 5) is 0. The van der Waals surface area contributed by atoms with Gasteiger partial charge in [-0.15, -0.1) is 0 Å². The molecule has 0 spiro atoms. The molecule has 0 saturated heterocycles. The Morgan fingerprint density at radius 1 is 0.136 bits per heavy atom. The van der Waals surface area contributed by atoms with Crippen LogP contribution in [0.4, 0.5) is 0 Å². The summed E-state index contributed by atoms with van der Waals surface area (Å²) in [5.41, 5.74) is 0. The van der Waals surface area contributed by atoms with Crippen LogP contribution in [0, 0.1) is 23.7 Å². The zero-order valence-electron chi connectivity index (χ0n) is 49.7. The third-order valence-corrected chi connectivity index (χ3v) is 14.0. The van der Waals surface area contributed by atoms with Gasteiger partial charge in [-0.05, 0) is 23.7 Å². The quantitative estimate of drug-likeness (QED) is 0.0533. The first-order valence-corrected chi connectivity index (χ1v) is 32.1. The molecular formula is C66H140. The number of rotatable bonds is 50. The van der Waals surface area contributed by atoms with Crippen molar-refractivity contribution in [2.24, 2.45) is 23.7 Å². The fourth-order valence-corrected chi connectivity index (χ4v) is 9.22. The van der Waals surface area contributed by atoms with Crippen molar-refractivity contribution in [2.45, 2.75) is 404 Å². The average Bonchev–Trinajstić information content (AvgIpc) is 3.28. The summed E-state index contributed by atoms with van der Waals surface area (Å²) in [6.07, 6.45) is 72.9. The topological polar surface area (TPSA) is 0 Å². The highest BCUT2D eigenvalue weighted by molar-refractivity contribution is 4.54. The van der Waals surface area contributed by atoms with E-state index in [1.807, 2.05) is 0 Å². The third kappa shape index (κ3) is 87.1. The molecule has 0 aliphatic rings. The Labute approximate surface area is 425 Å². The Morgan fingerprint density at radius 3 is 0.318 bits per heavy atom. The van der Waals surface area contributed by atoms with E-state index in [0.717, 1.165) is 23.7 Å². The molecule has 0 amide bonds. The lowest BCUT2D eigenvalue weighted by Crippen LogP contribution is -1.87. The molecule has 0 aromatic heterocycles. The first-order valence-electron chi connectivity index (χ1n) is 32.1. The fraction of sp³-hybridized carbons (Fsp3) is 1.00. The van der Waals surface area contributed by atoms with Gasteiger partial charge in [0.05, 0.1) is 0 Å². The summed E-state index contributed by atoms with van der Waals surface area (Å²) in [5, 5.41) is 0. The van der Waals surface area contributed by atoms with Gasteiger partial charge >= 0.3 is 0 Å². The van der Waals surface area contributed by atoms with Crippen molar-refractivity contribution in [1.29, 1.82) is 0 Å². The molecule has 66 heavy (non-hydrogen) atoms. The second-order valence-corrected chi connectivity index (χ2v) is 23.6. The van der Waals surface area contributed by atoms with Crippen molar-refractivity contribution >= 4 is 0 Å². The smallest absolute Gasteiger partial charge is 0.0471 e. The standard InChI is InChI=1S/C18H38.C17H36.C16H34.C15H32/c1-4-5-6-7-8-9-10-11-12-13-14-15-16-17-18(2)3;1-4-5-6-7-8-9-10-11-12-13-14-15-16-17(2)3;1-4-5-6-7-8-9-10-11-12-13-14-15-16(2)3;1-4-5-6-7-8-9-10-11-12-13-14-15(2)3/h18H,4-17H2,1-3H3;17H,4-16H2,1-3H3;16H,4-15H2,1-3H3;15H,4-14H2,1-3H3. The van der Waals surface area contributed by atoms with E-state index < -0.39 is 0 Å². The minimum atomic E-state index is 0.901. The van der Waals surface area contributed by atoms with Gasteiger partial charge in [0.2, 0.25) is 0 Å². The van der Waals surface area contributed by atoms with Gasteiger partial charge in [-0.2, -0.15) is 0 Å². The van der Waals surface area contributed by atoms with E-state index in [4.69, 9.17) is 0 Å². The number of unbranched alkanes of at least 4 members (excludes halogenated alkanes) is 42. The molecule has 0 rings (SSSR count). The van der Waals surface area contributed by atoms with Gasteiger partial charge in [0, 0.05) is 0 Å². The number of hydrogen-bond donors (Lipinski definition) is 0. The highest BCUT2D eigenvalue weighted by Gasteiger charge is 1.99. The first kappa shape index (κ1) is 72.5. The normalized spacial score (nSPS) is 11.3. The maximum absolute atomic E-state index is 2.33. The van der Waals surface area contributed by atoms with Crippen LogP contribution in [0.25, 0.3) is 0 Å². The third-order valence-electron chi connectivity index (χ3n) is 14.0. The van der Waals surface area contributed by atoms with Gasteiger partial charge in [0.25, 0.3) is 0 Å². The maximum atomic E-state index is 2.33. The monoisotopic (exact) mass is 933 g/mol. The zero-order valence-corrected chi connectivity index (χ0v) is 49.7. The van der Waals surface area contributed by atoms with E-state index in [0.29, 0.717) is 0 Å². The van der Waals surface area contributed by atoms with Crippen LogP contribution in [0.1, 0.15) is 404 Å². The zero-order chi connectivity index (χ0) is 49.7. The van der Waals surface area contributed by atoms with Gasteiger partial charge in [-0.1, -0.05) is 404 Å². The van der Waals surface area contributed by atoms with Crippen molar-refractivity contribution < 1.29 is 0 Å². The minimum Gasteiger partial charge on any atom is -0.0654 e. The van der Waals surface area contributed by atoms with Crippen LogP contribution in [-0.2, 0) is 0 Å². The molecule has 0 saturated carbocycles. The van der Waals surface area contributed by atoms with Crippen molar-refractivity contribution in [2.75, 3.05) is 0 Å². The molecule has 0 bridgehead atoms. The van der Waals surface area contributed by atoms with Crippen molar-refractivity contribution in [3.8, 4) is 0 Å². The first-order chi connectivity index (χ1) is 32.1. The van der Waals surface area contributed by atoms with Gasteiger partial charge in [0.1, 0.15) is 0 Å². The minimum absolute atomic E-state index is 0.901. The SMILES string of the molecule is CCCCCCCCCCCCC(C)C.CCCCCCCCCCCCCC(C)C.CCCCCCCCCCCCCCC(C)C.CCCCCCCCCCCCCCCC(C)C. The molecule has 0 unspecified atom stereocenters. The van der Waals surface area contributed by atoms with E-state index in [1.165, 1.54) is 321 Å². The Balaban J connectivity index is -0.000000389. The van der Waals surface area contributed by atoms with E-state index in [1.54, 1.807) is 0 Å². The van der Waals surface area contributed by atoms with Crippen LogP contribution in [0.5, 0.6) is 0 Å². The summed E-state index contributed by atoms with van der Waals surface area (Å²) in [6, 6.07) is 0. The van der Waals surface area contributed by atoms with Crippen LogP contribution in [0.2, 0.25) is 0 Å². The molecule has 0 fully saturated rings. The van der Waals surface area contributed by atoms with Crippen LogP contribution >= 0.6 is 0 Å². The van der Waals surface area contributed by atoms with E-state index >= 15 is 0 Å². The molecule has 0 aromatic rings. The second kappa shape index (κ2) is 69.3. The molecule has 0 nitrogen and oxygen atoms in total. The Kier molecular flexibility index (Phi) is 76.1. The van der Waals surface area contributed by atoms with Crippen LogP contribution in [0.15, 0.2) is 0 Å². The molecule has 0 heterocycles. The molecule has 0 heteroatoms. The van der Waals surface area contributed by atoms with Crippen molar-refractivity contribution in [1.82, 2.24) is 0 Å². The lowest BCUT2D eigenvalue weighted by Gasteiger charge is -2.04. The lowest BCUT2D eigenvalue weighted by molar-refractivity contribution is 0.503. The molecule has 0 aliphatic carbocycles. The molecule has 0 radical (unpaired) electrons. The summed E-state index contributed by atoms with van der Waals surface area (Å²) in [5.74, 6) is 3.61. The predicted octanol–water partition coefficient (Wildman–Crippen LogP) is 26.2. The van der Waals surface area contributed by atoms with Gasteiger partial charge in [-0.3, -0.25) is 0 Å². The van der Waals surface area contributed by atoms with Crippen LogP contribution < -0.4 is 0 Å². The number of hydrogen-bond acceptors (Lipinski definition) is 0. The molecule has 0 atom stereocenters. The Hall–Kier alpha value is 0. The second-order valence-electron chi connectivity index (χ2n) is 23.6. The molecule has 404 valence electrons. The summed E-state index contributed by atoms with van der Waals surface area (Å²) in [6.45, 7) is 27.8. The summed E-state index contributed by atoms with van der Waals surface area (Å²) < 4.78 is 0. The van der Waals surface area contributed by atoms with Crippen molar-refractivity contribution in [3.05, 3.63) is 0 Å². The predicted molar refractivity (Wildman–Crippen MR) is 313 cm³/mol. The molecule has 0 aliphatic heterocycles. The van der Waals surface area contributed by atoms with Crippen LogP contribution in [-0.4, -0.2) is 0 Å². The highest BCUT2D eigenvalue weighted by Crippen LogP contribution is 2.18. The fourth-order valence-electron chi connectivity index (χ4n) is 9.22. The van der Waals surface area contributed by atoms with E-state index in [-0.39, 0.29) is 0 Å². The average molecular weight is 934 g/mol. The summed E-state index contributed by atoms with van der Waals surface area (Å²) >= 11 is 0.